The van der Waals surface area contributed by atoms with Crippen molar-refractivity contribution in [3.05, 3.63) is 48.3 Å². The van der Waals surface area contributed by atoms with E-state index in [9.17, 15) is 5.11 Å². The summed E-state index contributed by atoms with van der Waals surface area (Å²) in [6.07, 6.45) is 3.26. The molecule has 0 bridgehead atoms. The predicted molar refractivity (Wildman–Crippen MR) is 118 cm³/mol. The first-order valence-corrected chi connectivity index (χ1v) is 10.8. The Hall–Kier alpha value is -3.24. The highest BCUT2D eigenvalue weighted by molar-refractivity contribution is 7.99. The van der Waals surface area contributed by atoms with Crippen molar-refractivity contribution in [2.24, 2.45) is 5.16 Å². The van der Waals surface area contributed by atoms with Crippen LogP contribution in [0.25, 0.3) is 16.6 Å². The summed E-state index contributed by atoms with van der Waals surface area (Å²) >= 11 is 1.46. The molecule has 3 aromatic heterocycles. The first-order chi connectivity index (χ1) is 15.1. The van der Waals surface area contributed by atoms with E-state index in [-0.39, 0.29) is 6.10 Å². The lowest BCUT2D eigenvalue weighted by molar-refractivity contribution is 0.145. The van der Waals surface area contributed by atoms with Crippen LogP contribution in [0.5, 0.6) is 0 Å². The van der Waals surface area contributed by atoms with Crippen molar-refractivity contribution in [3.8, 4) is 0 Å². The second-order valence-electron chi connectivity index (χ2n) is 7.52. The number of aliphatic hydroxyl groups excluding tert-OH is 1. The van der Waals surface area contributed by atoms with Crippen molar-refractivity contribution < 1.29 is 10.3 Å². The van der Waals surface area contributed by atoms with Gasteiger partial charge in [-0.3, -0.25) is 4.98 Å². The molecule has 158 valence electrons. The van der Waals surface area contributed by atoms with Crippen LogP contribution in [0.3, 0.4) is 0 Å². The fourth-order valence-electron chi connectivity index (χ4n) is 3.64. The van der Waals surface area contributed by atoms with Gasteiger partial charge >= 0.3 is 0 Å². The fraction of sp³-hybridized carbons (Fsp3) is 0.286. The van der Waals surface area contributed by atoms with Crippen LogP contribution in [0.4, 0.5) is 5.69 Å². The van der Waals surface area contributed by atoms with E-state index in [0.29, 0.717) is 22.2 Å². The maximum atomic E-state index is 9.76. The van der Waals surface area contributed by atoms with Crippen LogP contribution >= 0.6 is 11.8 Å². The quantitative estimate of drug-likeness (QED) is 0.286. The first-order valence-electron chi connectivity index (χ1n) is 10.0. The number of rotatable bonds is 4. The van der Waals surface area contributed by atoms with Crippen LogP contribution in [0, 0.1) is 0 Å². The zero-order valence-electron chi connectivity index (χ0n) is 16.9. The number of oxime groups is 1. The van der Waals surface area contributed by atoms with Gasteiger partial charge in [0.1, 0.15) is 11.4 Å². The lowest BCUT2D eigenvalue weighted by Crippen LogP contribution is -2.35. The van der Waals surface area contributed by atoms with E-state index in [4.69, 9.17) is 5.21 Å². The second kappa shape index (κ2) is 8.12. The molecule has 4 aromatic rings. The second-order valence-corrected chi connectivity index (χ2v) is 8.57. The van der Waals surface area contributed by atoms with E-state index in [2.05, 4.69) is 42.5 Å². The Labute approximate surface area is 182 Å². The number of fused-ring (bicyclic) bond motifs is 2. The average molecular weight is 436 g/mol. The highest BCUT2D eigenvalue weighted by Gasteiger charge is 2.18. The Bertz CT molecular complexity index is 1280. The molecule has 0 aliphatic carbocycles. The van der Waals surface area contributed by atoms with Gasteiger partial charge < -0.3 is 15.2 Å². The number of aliphatic hydroxyl groups is 1. The van der Waals surface area contributed by atoms with Crippen LogP contribution in [0.15, 0.2) is 57.8 Å². The van der Waals surface area contributed by atoms with Crippen molar-refractivity contribution >= 4 is 39.7 Å². The van der Waals surface area contributed by atoms with E-state index in [0.717, 1.165) is 47.4 Å². The molecule has 0 amide bonds. The van der Waals surface area contributed by atoms with E-state index >= 15 is 0 Å². The van der Waals surface area contributed by atoms with Crippen LogP contribution in [0.2, 0.25) is 0 Å². The van der Waals surface area contributed by atoms with E-state index in [1.807, 2.05) is 18.3 Å². The van der Waals surface area contributed by atoms with Gasteiger partial charge in [0, 0.05) is 23.4 Å². The Morgan fingerprint density at radius 1 is 1.13 bits per heavy atom. The van der Waals surface area contributed by atoms with Crippen LogP contribution < -0.4 is 4.90 Å². The minimum atomic E-state index is -0.202. The van der Waals surface area contributed by atoms with Gasteiger partial charge in [0.2, 0.25) is 5.16 Å². The molecule has 1 aromatic carbocycles. The summed E-state index contributed by atoms with van der Waals surface area (Å²) in [6, 6.07) is 11.8. The average Bonchev–Trinajstić information content (AvgIpc) is 3.20. The largest absolute Gasteiger partial charge is 0.411 e. The van der Waals surface area contributed by atoms with Gasteiger partial charge in [0.25, 0.3) is 0 Å². The van der Waals surface area contributed by atoms with Gasteiger partial charge in [0.15, 0.2) is 5.65 Å². The number of hydrogen-bond acceptors (Lipinski definition) is 9. The summed E-state index contributed by atoms with van der Waals surface area (Å²) in [4.78, 5) is 7.87. The lowest BCUT2D eigenvalue weighted by atomic mass is 10.1. The maximum Gasteiger partial charge on any atom is 0.217 e. The maximum absolute atomic E-state index is 9.76. The summed E-state index contributed by atoms with van der Waals surface area (Å²) < 4.78 is 1.65. The molecule has 0 unspecified atom stereocenters. The van der Waals surface area contributed by atoms with Crippen molar-refractivity contribution in [1.29, 1.82) is 0 Å². The molecule has 31 heavy (non-hydrogen) atoms. The normalized spacial score (nSPS) is 15.8. The number of aromatic nitrogens is 5. The highest BCUT2D eigenvalue weighted by atomic mass is 32.2. The molecule has 9 nitrogen and oxygen atoms in total. The molecule has 5 rings (SSSR count). The summed E-state index contributed by atoms with van der Waals surface area (Å²) in [6.45, 7) is 3.35. The summed E-state index contributed by atoms with van der Waals surface area (Å²) in [5.41, 5.74) is 3.58. The number of nitrogens with zero attached hydrogens (tertiary/aromatic N) is 7. The van der Waals surface area contributed by atoms with Crippen molar-refractivity contribution in [2.75, 3.05) is 18.0 Å². The Kier molecular flexibility index (Phi) is 5.16. The number of hydrogen-bond donors (Lipinski definition) is 2. The summed E-state index contributed by atoms with van der Waals surface area (Å²) in [5.74, 6) is 0. The molecule has 0 atom stereocenters. The van der Waals surface area contributed by atoms with Gasteiger partial charge in [0.05, 0.1) is 23.5 Å². The van der Waals surface area contributed by atoms with E-state index < -0.39 is 0 Å². The van der Waals surface area contributed by atoms with Crippen LogP contribution in [0.1, 0.15) is 25.5 Å². The Morgan fingerprint density at radius 3 is 2.77 bits per heavy atom. The summed E-state index contributed by atoms with van der Waals surface area (Å²) in [5, 5.41) is 36.6. The molecular weight excluding hydrogens is 414 g/mol. The predicted octanol–water partition coefficient (Wildman–Crippen LogP) is 2.98. The number of benzene rings is 1. The topological polar surface area (TPSA) is 112 Å². The van der Waals surface area contributed by atoms with E-state index in [1.54, 1.807) is 23.6 Å². The third kappa shape index (κ3) is 3.91. The third-order valence-electron chi connectivity index (χ3n) is 5.43. The zero-order chi connectivity index (χ0) is 21.4. The molecule has 4 heterocycles. The molecule has 2 N–H and O–H groups in total. The molecule has 10 heteroatoms. The molecular formula is C21H21N7O2S. The molecule has 0 radical (unpaired) electrons. The van der Waals surface area contributed by atoms with Crippen LogP contribution in [-0.2, 0) is 0 Å². The lowest BCUT2D eigenvalue weighted by Gasteiger charge is -2.31. The molecule has 1 fully saturated rings. The van der Waals surface area contributed by atoms with E-state index in [1.165, 1.54) is 11.8 Å². The van der Waals surface area contributed by atoms with Gasteiger partial charge in [-0.25, -0.2) is 0 Å². The monoisotopic (exact) mass is 435 g/mol. The fourth-order valence-corrected chi connectivity index (χ4v) is 4.48. The smallest absolute Gasteiger partial charge is 0.217 e. The highest BCUT2D eigenvalue weighted by Crippen LogP contribution is 2.30. The van der Waals surface area contributed by atoms with Crippen molar-refractivity contribution in [1.82, 2.24) is 24.8 Å². The first kappa shape index (κ1) is 19.7. The number of anilines is 1. The third-order valence-corrected chi connectivity index (χ3v) is 6.36. The van der Waals surface area contributed by atoms with Gasteiger partial charge in [-0.1, -0.05) is 5.16 Å². The van der Waals surface area contributed by atoms with Crippen LogP contribution in [-0.4, -0.2) is 60.0 Å². The SMILES string of the molecule is CC(=NO)c1ccc2nnc(Sc3ccc4ncc(N5CCC(O)CC5)cc4c3)n2n1. The summed E-state index contributed by atoms with van der Waals surface area (Å²) in [7, 11) is 0. The van der Waals surface area contributed by atoms with Gasteiger partial charge in [-0.05, 0) is 67.9 Å². The standard InChI is InChI=1S/C21H21N7O2S/c1-13(26-30)18-4-5-20-23-24-21(28(20)25-18)31-17-2-3-19-14(11-17)10-15(12-22-19)27-8-6-16(29)7-9-27/h2-5,10-12,16,29-30H,6-9H2,1H3. The van der Waals surface area contributed by atoms with Gasteiger partial charge in [-0.2, -0.15) is 9.61 Å². The zero-order valence-corrected chi connectivity index (χ0v) is 17.7. The molecule has 1 saturated heterocycles. The Balaban J connectivity index is 1.45. The molecule has 1 aliphatic heterocycles. The molecule has 0 spiro atoms. The minimum absolute atomic E-state index is 0.202. The Morgan fingerprint density at radius 2 is 1.97 bits per heavy atom. The molecule has 1 aliphatic rings. The number of piperidine rings is 1. The van der Waals surface area contributed by atoms with Crippen molar-refractivity contribution in [2.45, 2.75) is 35.9 Å². The van der Waals surface area contributed by atoms with Gasteiger partial charge in [-0.15, -0.1) is 10.2 Å². The minimum Gasteiger partial charge on any atom is -0.411 e. The molecule has 0 saturated carbocycles. The van der Waals surface area contributed by atoms with Crippen molar-refractivity contribution in [3.63, 3.8) is 0 Å². The number of pyridine rings is 1.